The highest BCUT2D eigenvalue weighted by Crippen LogP contribution is 2.36. The van der Waals surface area contributed by atoms with E-state index in [1.54, 1.807) is 37.7 Å². The van der Waals surface area contributed by atoms with Crippen LogP contribution in [0.1, 0.15) is 37.9 Å². The maximum Gasteiger partial charge on any atom is 0.338 e. The zero-order valence-electron chi connectivity index (χ0n) is 20.4. The number of thiazole rings is 1. The molecule has 2 aromatic carbocycles. The van der Waals surface area contributed by atoms with Crippen LogP contribution in [0.15, 0.2) is 64.8 Å². The number of methoxy groups -OCH3 is 1. The quantitative estimate of drug-likeness (QED) is 0.303. The average molecular weight is 715 g/mol. The molecule has 2 heterocycles. The molecule has 194 valence electrons. The molecule has 7 nitrogen and oxygen atoms in total. The Hall–Kier alpha value is -2.21. The number of carbonyl (C=O) groups is 1. The van der Waals surface area contributed by atoms with Crippen LogP contribution in [-0.2, 0) is 9.53 Å². The molecule has 0 saturated carbocycles. The van der Waals surface area contributed by atoms with E-state index >= 15 is 0 Å². The Labute approximate surface area is 242 Å². The van der Waals surface area contributed by atoms with E-state index in [0.717, 1.165) is 20.1 Å². The van der Waals surface area contributed by atoms with Gasteiger partial charge in [0.1, 0.15) is 11.5 Å². The largest absolute Gasteiger partial charge is 0.496 e. The molecule has 0 aliphatic carbocycles. The number of esters is 1. The van der Waals surface area contributed by atoms with Crippen molar-refractivity contribution < 1.29 is 19.0 Å². The molecule has 4 rings (SSSR count). The summed E-state index contributed by atoms with van der Waals surface area (Å²) in [6.45, 7) is 6.08. The minimum Gasteiger partial charge on any atom is -0.496 e. The fourth-order valence-corrected chi connectivity index (χ4v) is 7.05. The van der Waals surface area contributed by atoms with Crippen molar-refractivity contribution in [1.29, 1.82) is 0 Å². The van der Waals surface area contributed by atoms with E-state index in [1.807, 2.05) is 31.2 Å². The van der Waals surface area contributed by atoms with Crippen LogP contribution in [0.5, 0.6) is 11.5 Å². The molecule has 0 unspecified atom stereocenters. The van der Waals surface area contributed by atoms with Crippen molar-refractivity contribution in [3.63, 3.8) is 0 Å². The normalized spacial score (nSPS) is 15.3. The third-order valence-corrected chi connectivity index (χ3v) is 8.27. The maximum atomic E-state index is 13.9. The molecule has 1 aliphatic rings. The van der Waals surface area contributed by atoms with Crippen molar-refractivity contribution >= 4 is 71.2 Å². The number of hydrogen-bond acceptors (Lipinski definition) is 7. The highest BCUT2D eigenvalue weighted by Gasteiger charge is 2.33. The van der Waals surface area contributed by atoms with Crippen molar-refractivity contribution in [2.24, 2.45) is 4.99 Å². The number of nitrogens with zero attached hydrogens (tertiary/aromatic N) is 2. The molecule has 0 amide bonds. The van der Waals surface area contributed by atoms with Gasteiger partial charge < -0.3 is 14.2 Å². The summed E-state index contributed by atoms with van der Waals surface area (Å²) in [5.74, 6) is 0.762. The lowest BCUT2D eigenvalue weighted by molar-refractivity contribution is -0.139. The van der Waals surface area contributed by atoms with Crippen LogP contribution in [0.2, 0.25) is 0 Å². The number of carbonyl (C=O) groups excluding carboxylic acids is 1. The number of hydrogen-bond donors (Lipinski definition) is 0. The van der Waals surface area contributed by atoms with Crippen molar-refractivity contribution in [2.45, 2.75) is 26.8 Å². The monoisotopic (exact) mass is 712 g/mol. The van der Waals surface area contributed by atoms with E-state index in [2.05, 4.69) is 52.8 Å². The number of rotatable bonds is 7. The van der Waals surface area contributed by atoms with Gasteiger partial charge in [-0.15, -0.1) is 0 Å². The SMILES string of the molecule is CCOC(=O)C1=C(C)N=c2s/c(=C/c3cc(Br)cc(Br)c3OCC)c(=O)n2[C@@H]1c1ccc(OC)c(Br)c1. The molecule has 0 fully saturated rings. The van der Waals surface area contributed by atoms with Gasteiger partial charge in [-0.3, -0.25) is 9.36 Å². The number of benzene rings is 2. The first-order valence-corrected chi connectivity index (χ1v) is 14.5. The second kappa shape index (κ2) is 11.7. The summed E-state index contributed by atoms with van der Waals surface area (Å²) in [5, 5.41) is 0. The Balaban J connectivity index is 1.99. The number of fused-ring (bicyclic) bond motifs is 1. The lowest BCUT2D eigenvalue weighted by atomic mass is 9.96. The molecule has 1 aliphatic heterocycles. The van der Waals surface area contributed by atoms with Crippen LogP contribution in [0.25, 0.3) is 6.08 Å². The molecule has 1 atom stereocenters. The second-order valence-corrected chi connectivity index (χ2v) is 11.6. The number of allylic oxidation sites excluding steroid dienone is 1. The lowest BCUT2D eigenvalue weighted by Gasteiger charge is -2.25. The van der Waals surface area contributed by atoms with Crippen molar-refractivity contribution in [2.75, 3.05) is 20.3 Å². The Morgan fingerprint density at radius 1 is 1.14 bits per heavy atom. The number of ether oxygens (including phenoxy) is 3. The summed E-state index contributed by atoms with van der Waals surface area (Å²) in [7, 11) is 1.58. The molecular weight excluding hydrogens is 692 g/mol. The first kappa shape index (κ1) is 27.8. The highest BCUT2D eigenvalue weighted by molar-refractivity contribution is 9.11. The Morgan fingerprint density at radius 3 is 2.54 bits per heavy atom. The molecule has 11 heteroatoms. The maximum absolute atomic E-state index is 13.9. The first-order valence-electron chi connectivity index (χ1n) is 11.3. The van der Waals surface area contributed by atoms with Crippen molar-refractivity contribution in [3.8, 4) is 11.5 Å². The molecule has 0 radical (unpaired) electrons. The van der Waals surface area contributed by atoms with Gasteiger partial charge in [-0.2, -0.15) is 0 Å². The van der Waals surface area contributed by atoms with Crippen LogP contribution in [-0.4, -0.2) is 30.9 Å². The number of aromatic nitrogens is 1. The molecule has 0 N–H and O–H groups in total. The highest BCUT2D eigenvalue weighted by atomic mass is 79.9. The average Bonchev–Trinajstić information content (AvgIpc) is 3.14. The van der Waals surface area contributed by atoms with Gasteiger partial charge in [-0.1, -0.05) is 33.3 Å². The first-order chi connectivity index (χ1) is 17.7. The molecule has 0 bridgehead atoms. The van der Waals surface area contributed by atoms with E-state index in [4.69, 9.17) is 14.2 Å². The molecule has 1 aromatic heterocycles. The zero-order valence-corrected chi connectivity index (χ0v) is 26.0. The van der Waals surface area contributed by atoms with Gasteiger partial charge in [0.05, 0.1) is 51.1 Å². The summed E-state index contributed by atoms with van der Waals surface area (Å²) in [6.07, 6.45) is 1.79. The molecule has 0 spiro atoms. The Bertz CT molecular complexity index is 1590. The molecule has 3 aromatic rings. The van der Waals surface area contributed by atoms with Gasteiger partial charge in [0.2, 0.25) is 0 Å². The smallest absolute Gasteiger partial charge is 0.338 e. The van der Waals surface area contributed by atoms with Gasteiger partial charge in [-0.25, -0.2) is 9.79 Å². The summed E-state index contributed by atoms with van der Waals surface area (Å²) in [4.78, 5) is 32.1. The Kier molecular flexibility index (Phi) is 8.77. The van der Waals surface area contributed by atoms with Crippen molar-refractivity contribution in [1.82, 2.24) is 4.57 Å². The van der Waals surface area contributed by atoms with E-state index < -0.39 is 12.0 Å². The third-order valence-electron chi connectivity index (χ3n) is 5.62. The summed E-state index contributed by atoms with van der Waals surface area (Å²) in [6, 6.07) is 8.53. The van der Waals surface area contributed by atoms with E-state index in [9.17, 15) is 9.59 Å². The number of halogens is 3. The van der Waals surface area contributed by atoms with Gasteiger partial charge >= 0.3 is 5.97 Å². The third kappa shape index (κ3) is 5.50. The summed E-state index contributed by atoms with van der Waals surface area (Å²) >= 11 is 11.8. The molecule has 37 heavy (non-hydrogen) atoms. The predicted octanol–water partition coefficient (Wildman–Crippen LogP) is 5.49. The minimum absolute atomic E-state index is 0.205. The minimum atomic E-state index is -0.722. The van der Waals surface area contributed by atoms with Crippen LogP contribution in [0.3, 0.4) is 0 Å². The predicted molar refractivity (Wildman–Crippen MR) is 154 cm³/mol. The van der Waals surface area contributed by atoms with Gasteiger partial charge in [-0.05, 0) is 88.5 Å². The van der Waals surface area contributed by atoms with Gasteiger partial charge in [0.25, 0.3) is 5.56 Å². The van der Waals surface area contributed by atoms with E-state index in [-0.39, 0.29) is 12.2 Å². The summed E-state index contributed by atoms with van der Waals surface area (Å²) in [5.41, 5.74) is 2.01. The van der Waals surface area contributed by atoms with Crippen LogP contribution < -0.4 is 24.4 Å². The second-order valence-electron chi connectivity index (χ2n) is 7.94. The fraction of sp³-hybridized carbons (Fsp3) is 0.269. The summed E-state index contributed by atoms with van der Waals surface area (Å²) < 4.78 is 20.9. The van der Waals surface area contributed by atoms with E-state index in [0.29, 0.717) is 43.2 Å². The van der Waals surface area contributed by atoms with Crippen molar-refractivity contribution in [3.05, 3.63) is 85.8 Å². The zero-order chi connectivity index (χ0) is 26.9. The van der Waals surface area contributed by atoms with Gasteiger partial charge in [0.15, 0.2) is 4.80 Å². The molecular formula is C26H23Br3N2O5S. The lowest BCUT2D eigenvalue weighted by Crippen LogP contribution is -2.40. The van der Waals surface area contributed by atoms with E-state index in [1.165, 1.54) is 11.3 Å². The standard InChI is InChI=1S/C26H23Br3N2O5S/c1-5-35-23-15(9-16(27)12-18(23)29)11-20-24(32)31-22(14-7-8-19(34-4)17(28)10-14)21(25(33)36-6-2)13(3)30-26(31)37-20/h7-12,22H,5-6H2,1-4H3/b20-11+/t22-/m1/s1. The Morgan fingerprint density at radius 2 is 1.89 bits per heavy atom. The van der Waals surface area contributed by atoms with Crippen LogP contribution in [0.4, 0.5) is 0 Å². The molecule has 0 saturated heterocycles. The van der Waals surface area contributed by atoms with Gasteiger partial charge in [0, 0.05) is 10.0 Å². The fourth-order valence-electron chi connectivity index (χ4n) is 4.08. The van der Waals surface area contributed by atoms with Crippen LogP contribution in [0, 0.1) is 0 Å². The topological polar surface area (TPSA) is 79.1 Å². The van der Waals surface area contributed by atoms with Crippen LogP contribution >= 0.6 is 59.1 Å².